The predicted molar refractivity (Wildman–Crippen MR) is 133 cm³/mol. The zero-order valence-corrected chi connectivity index (χ0v) is 20.1. The van der Waals surface area contributed by atoms with Crippen LogP contribution in [0.4, 0.5) is 0 Å². The molecule has 1 amide bonds. The molecular formula is C25H24ClN5O2S. The Morgan fingerprint density at radius 1 is 0.941 bits per heavy atom. The van der Waals surface area contributed by atoms with Crippen molar-refractivity contribution < 1.29 is 9.21 Å². The molecule has 0 N–H and O–H groups in total. The van der Waals surface area contributed by atoms with E-state index in [0.29, 0.717) is 27.5 Å². The van der Waals surface area contributed by atoms with Gasteiger partial charge in [0.05, 0.1) is 12.0 Å². The van der Waals surface area contributed by atoms with Gasteiger partial charge >= 0.3 is 0 Å². The number of halogens is 1. The van der Waals surface area contributed by atoms with Gasteiger partial charge < -0.3 is 9.32 Å². The first kappa shape index (κ1) is 22.7. The maximum atomic E-state index is 13.0. The first-order chi connectivity index (χ1) is 16.7. The molecule has 0 radical (unpaired) electrons. The minimum atomic E-state index is 0.106. The molecule has 9 heteroatoms. The highest BCUT2D eigenvalue weighted by molar-refractivity contribution is 7.99. The summed E-state index contributed by atoms with van der Waals surface area (Å²) in [7, 11) is 0. The van der Waals surface area contributed by atoms with E-state index in [1.165, 1.54) is 17.3 Å². The van der Waals surface area contributed by atoms with E-state index in [-0.39, 0.29) is 5.91 Å². The van der Waals surface area contributed by atoms with Gasteiger partial charge in [-0.05, 0) is 42.0 Å². The van der Waals surface area contributed by atoms with Crippen LogP contribution >= 0.6 is 23.4 Å². The Kier molecular flexibility index (Phi) is 6.99. The second-order valence-electron chi connectivity index (χ2n) is 8.03. The third kappa shape index (κ3) is 5.19. The molecule has 3 heterocycles. The minimum absolute atomic E-state index is 0.106. The number of benzene rings is 2. The lowest BCUT2D eigenvalue weighted by atomic mass is 10.2. The average Bonchev–Trinajstić information content (AvgIpc) is 3.54. The molecule has 1 aliphatic heterocycles. The quantitative estimate of drug-likeness (QED) is 0.350. The number of rotatable bonds is 7. The maximum Gasteiger partial charge on any atom is 0.233 e. The summed E-state index contributed by atoms with van der Waals surface area (Å²) in [5.41, 5.74) is 2.15. The van der Waals surface area contributed by atoms with Crippen molar-refractivity contribution >= 4 is 29.3 Å². The standard InChI is InChI=1S/C25H24ClN5O2S/c26-20-8-10-21(11-9-20)31-24(22-7-4-16-33-22)27-28-25(31)34-18-23(32)30-14-12-29(13-15-30)17-19-5-2-1-3-6-19/h1-11,16H,12-15,17-18H2. The van der Waals surface area contributed by atoms with Gasteiger partial charge in [0.15, 0.2) is 10.9 Å². The Balaban J connectivity index is 1.24. The smallest absolute Gasteiger partial charge is 0.233 e. The Labute approximate surface area is 207 Å². The van der Waals surface area contributed by atoms with E-state index >= 15 is 0 Å². The largest absolute Gasteiger partial charge is 0.461 e. The molecule has 4 aromatic rings. The van der Waals surface area contributed by atoms with Gasteiger partial charge in [0.25, 0.3) is 0 Å². The van der Waals surface area contributed by atoms with Crippen molar-refractivity contribution in [2.45, 2.75) is 11.7 Å². The number of nitrogens with zero attached hydrogens (tertiary/aromatic N) is 5. The summed E-state index contributed by atoms with van der Waals surface area (Å²) < 4.78 is 7.45. The molecule has 0 aliphatic carbocycles. The number of furan rings is 1. The van der Waals surface area contributed by atoms with E-state index in [0.717, 1.165) is 38.4 Å². The molecule has 0 atom stereocenters. The molecule has 2 aromatic carbocycles. The van der Waals surface area contributed by atoms with Gasteiger partial charge in [0.1, 0.15) is 0 Å². The molecule has 5 rings (SSSR count). The van der Waals surface area contributed by atoms with E-state index in [1.54, 1.807) is 6.26 Å². The molecule has 7 nitrogen and oxygen atoms in total. The van der Waals surface area contributed by atoms with Gasteiger partial charge in [-0.15, -0.1) is 10.2 Å². The van der Waals surface area contributed by atoms with Crippen LogP contribution in [0, 0.1) is 0 Å². The summed E-state index contributed by atoms with van der Waals surface area (Å²) in [6, 6.07) is 21.5. The highest BCUT2D eigenvalue weighted by Crippen LogP contribution is 2.29. The minimum Gasteiger partial charge on any atom is -0.461 e. The number of thioether (sulfide) groups is 1. The van der Waals surface area contributed by atoms with Crippen LogP contribution < -0.4 is 0 Å². The second-order valence-corrected chi connectivity index (χ2v) is 9.41. The Morgan fingerprint density at radius 2 is 1.71 bits per heavy atom. The first-order valence-electron chi connectivity index (χ1n) is 11.1. The Hall–Kier alpha value is -3.07. The molecule has 1 saturated heterocycles. The predicted octanol–water partition coefficient (Wildman–Crippen LogP) is 4.62. The van der Waals surface area contributed by atoms with Crippen LogP contribution in [0.15, 0.2) is 82.6 Å². The van der Waals surface area contributed by atoms with Crippen LogP contribution in [0.2, 0.25) is 5.02 Å². The molecule has 2 aromatic heterocycles. The molecule has 0 spiro atoms. The summed E-state index contributed by atoms with van der Waals surface area (Å²) in [4.78, 5) is 17.3. The molecule has 0 saturated carbocycles. The molecular weight excluding hydrogens is 470 g/mol. The fraction of sp³-hybridized carbons (Fsp3) is 0.240. The topological polar surface area (TPSA) is 67.4 Å². The van der Waals surface area contributed by atoms with Crippen molar-refractivity contribution in [2.75, 3.05) is 31.9 Å². The van der Waals surface area contributed by atoms with Crippen LogP contribution in [-0.2, 0) is 11.3 Å². The van der Waals surface area contributed by atoms with Gasteiger partial charge in [-0.3, -0.25) is 14.3 Å². The Morgan fingerprint density at radius 3 is 2.41 bits per heavy atom. The summed E-state index contributed by atoms with van der Waals surface area (Å²) in [5.74, 6) is 1.59. The summed E-state index contributed by atoms with van der Waals surface area (Å²) in [5, 5.41) is 9.96. The van der Waals surface area contributed by atoms with E-state index in [4.69, 9.17) is 16.0 Å². The number of hydrogen-bond acceptors (Lipinski definition) is 6. The zero-order chi connectivity index (χ0) is 23.3. The van der Waals surface area contributed by atoms with Crippen LogP contribution in [0.1, 0.15) is 5.56 Å². The maximum absolute atomic E-state index is 13.0. The van der Waals surface area contributed by atoms with E-state index in [2.05, 4.69) is 39.4 Å². The van der Waals surface area contributed by atoms with Crippen molar-refractivity contribution in [1.29, 1.82) is 0 Å². The van der Waals surface area contributed by atoms with Gasteiger partial charge in [0.2, 0.25) is 11.7 Å². The summed E-state index contributed by atoms with van der Waals surface area (Å²) >= 11 is 7.46. The van der Waals surface area contributed by atoms with Crippen molar-refractivity contribution in [3.63, 3.8) is 0 Å². The number of carbonyl (C=O) groups excluding carboxylic acids is 1. The van der Waals surface area contributed by atoms with Crippen LogP contribution in [0.3, 0.4) is 0 Å². The highest BCUT2D eigenvalue weighted by atomic mass is 35.5. The first-order valence-corrected chi connectivity index (χ1v) is 12.5. The van der Waals surface area contributed by atoms with Gasteiger partial charge in [-0.2, -0.15) is 0 Å². The monoisotopic (exact) mass is 493 g/mol. The third-order valence-corrected chi connectivity index (χ3v) is 6.92. The third-order valence-electron chi connectivity index (χ3n) is 5.76. The van der Waals surface area contributed by atoms with Crippen molar-refractivity contribution in [3.8, 4) is 17.3 Å². The normalized spacial score (nSPS) is 14.4. The lowest BCUT2D eigenvalue weighted by molar-refractivity contribution is -0.130. The lowest BCUT2D eigenvalue weighted by Crippen LogP contribution is -2.48. The average molecular weight is 494 g/mol. The molecule has 34 heavy (non-hydrogen) atoms. The van der Waals surface area contributed by atoms with Gasteiger partial charge in [-0.25, -0.2) is 0 Å². The van der Waals surface area contributed by atoms with Gasteiger partial charge in [-0.1, -0.05) is 53.7 Å². The SMILES string of the molecule is O=C(CSc1nnc(-c2ccco2)n1-c1ccc(Cl)cc1)N1CCN(Cc2ccccc2)CC1. The van der Waals surface area contributed by atoms with Crippen LogP contribution in [-0.4, -0.2) is 62.4 Å². The fourth-order valence-corrected chi connectivity index (χ4v) is 4.95. The molecule has 0 unspecified atom stereocenters. The molecule has 174 valence electrons. The number of piperazine rings is 1. The number of aromatic nitrogens is 3. The van der Waals surface area contributed by atoms with Gasteiger partial charge in [0, 0.05) is 43.4 Å². The molecule has 0 bridgehead atoms. The number of carbonyl (C=O) groups is 1. The number of hydrogen-bond donors (Lipinski definition) is 0. The van der Waals surface area contributed by atoms with Crippen molar-refractivity contribution in [1.82, 2.24) is 24.6 Å². The summed E-state index contributed by atoms with van der Waals surface area (Å²) in [6.45, 7) is 4.11. The highest BCUT2D eigenvalue weighted by Gasteiger charge is 2.23. The van der Waals surface area contributed by atoms with Crippen LogP contribution in [0.5, 0.6) is 0 Å². The Bertz CT molecular complexity index is 1220. The zero-order valence-electron chi connectivity index (χ0n) is 18.5. The van der Waals surface area contributed by atoms with Crippen molar-refractivity contribution in [2.24, 2.45) is 0 Å². The van der Waals surface area contributed by atoms with Crippen LogP contribution in [0.25, 0.3) is 17.3 Å². The second kappa shape index (κ2) is 10.5. The molecule has 1 aliphatic rings. The fourth-order valence-electron chi connectivity index (χ4n) is 3.97. The summed E-state index contributed by atoms with van der Waals surface area (Å²) in [6.07, 6.45) is 1.60. The van der Waals surface area contributed by atoms with E-state index in [1.807, 2.05) is 51.9 Å². The molecule has 1 fully saturated rings. The lowest BCUT2D eigenvalue weighted by Gasteiger charge is -2.34. The number of amides is 1. The van der Waals surface area contributed by atoms with Crippen molar-refractivity contribution in [3.05, 3.63) is 83.6 Å². The van der Waals surface area contributed by atoms with E-state index in [9.17, 15) is 4.79 Å². The van der Waals surface area contributed by atoms with E-state index < -0.39 is 0 Å².